The largest absolute Gasteiger partial charge is 0.181 e. The molecule has 0 aromatic rings. The molecule has 9 heavy (non-hydrogen) atoms. The maximum absolute atomic E-state index is 5.81. The highest BCUT2D eigenvalue weighted by molar-refractivity contribution is 7.66. The van der Waals surface area contributed by atoms with Gasteiger partial charge in [-0.1, -0.05) is 0 Å². The molecule has 56 valence electrons. The molecule has 0 fully saturated rings. The van der Waals surface area contributed by atoms with Gasteiger partial charge in [-0.2, -0.15) is 11.1 Å². The molecule has 0 N–H and O–H groups in total. The van der Waals surface area contributed by atoms with Gasteiger partial charge >= 0.3 is 0 Å². The number of hydrogen-bond donors (Lipinski definition) is 0. The molecule has 0 aromatic heterocycles. The molecule has 9 heteroatoms. The summed E-state index contributed by atoms with van der Waals surface area (Å²) in [4.78, 5) is 0. The van der Waals surface area contributed by atoms with Crippen LogP contribution in [0.3, 0.4) is 0 Å². The van der Waals surface area contributed by atoms with E-state index in [0.717, 1.165) is 42.8 Å². The SMILES string of the molecule is [SiH3][SiH2][SiH2][SiH2][SiH2][SiH2][SiH2][SiH2]Cl. The van der Waals surface area contributed by atoms with Crippen molar-refractivity contribution in [3.8, 4) is 0 Å². The highest BCUT2D eigenvalue weighted by Gasteiger charge is 1.91. The molecule has 0 saturated carbocycles. The lowest BCUT2D eigenvalue weighted by molar-refractivity contribution is 3.85. The first-order valence-electron chi connectivity index (χ1n) is 3.97. The maximum atomic E-state index is 5.81. The van der Waals surface area contributed by atoms with E-state index in [-0.39, 0.29) is 8.35 Å². The van der Waals surface area contributed by atoms with Gasteiger partial charge < -0.3 is 0 Å². The van der Waals surface area contributed by atoms with Crippen LogP contribution in [0, 0.1) is 0 Å². The highest BCUT2D eigenvalue weighted by Crippen LogP contribution is 1.61. The van der Waals surface area contributed by atoms with Crippen molar-refractivity contribution in [1.82, 2.24) is 0 Å². The second-order valence-electron chi connectivity index (χ2n) is 2.46. The second-order valence-corrected chi connectivity index (χ2v) is 66.3. The Bertz CT molecular complexity index is 37.8. The molecule has 0 spiro atoms. The average Bonchev–Trinajstić information content (AvgIpc) is 1.89. The zero-order chi connectivity index (χ0) is 6.95. The average molecular weight is 277 g/mol. The fourth-order valence-electron chi connectivity index (χ4n) is 0.875. The fourth-order valence-corrected chi connectivity index (χ4v) is 213. The zero-order valence-corrected chi connectivity index (χ0v) is 19.0. The number of halogens is 1. The summed E-state index contributed by atoms with van der Waals surface area (Å²) in [6.07, 6.45) is 0. The van der Waals surface area contributed by atoms with E-state index in [1.54, 1.807) is 9.76 Å². The first-order valence-corrected chi connectivity index (χ1v) is 35.8. The van der Waals surface area contributed by atoms with Gasteiger partial charge in [0, 0.05) is 8.55 Å². The predicted molar refractivity (Wildman–Crippen MR) is 75.6 cm³/mol. The Hall–Kier alpha value is 2.03. The highest BCUT2D eigenvalue weighted by atomic mass is 35.6. The standard InChI is InChI=1S/ClH17Si8/c1-3-5-7-9-8-6-4-2/h3-9H2,2H3. The Morgan fingerprint density at radius 3 is 2.00 bits per heavy atom. The summed E-state index contributed by atoms with van der Waals surface area (Å²) in [7, 11) is 6.35. The van der Waals surface area contributed by atoms with Gasteiger partial charge in [0.1, 0.15) is 8.35 Å². The lowest BCUT2D eigenvalue weighted by Crippen LogP contribution is -2.27. The van der Waals surface area contributed by atoms with Gasteiger partial charge in [-0.25, -0.2) is 0 Å². The van der Waals surface area contributed by atoms with Crippen molar-refractivity contribution >= 4 is 80.5 Å². The van der Waals surface area contributed by atoms with Crippen LogP contribution in [0.5, 0.6) is 0 Å². The molecule has 0 radical (unpaired) electrons. The van der Waals surface area contributed by atoms with E-state index in [4.69, 9.17) is 11.1 Å². The number of hydrogen-bond acceptors (Lipinski definition) is 0. The third-order valence-electron chi connectivity index (χ3n) is 1.49. The van der Waals surface area contributed by atoms with Crippen molar-refractivity contribution in [3.63, 3.8) is 0 Å². The molecule has 0 aliphatic heterocycles. The first-order chi connectivity index (χ1) is 4.41. The molecule has 0 rings (SSSR count). The molecule has 0 amide bonds. The van der Waals surface area contributed by atoms with Crippen molar-refractivity contribution in [1.29, 1.82) is 0 Å². The Kier molecular flexibility index (Phi) is 12.3. The van der Waals surface area contributed by atoms with Crippen LogP contribution in [-0.4, -0.2) is 69.4 Å². The van der Waals surface area contributed by atoms with E-state index < -0.39 is 0 Å². The molecule has 0 heterocycles. The molecule has 0 atom stereocenters. The summed E-state index contributed by atoms with van der Waals surface area (Å²) in [5, 5.41) is 0. The summed E-state index contributed by atoms with van der Waals surface area (Å²) < 4.78 is 0. The van der Waals surface area contributed by atoms with Crippen LogP contribution in [0.1, 0.15) is 0 Å². The Morgan fingerprint density at radius 2 is 1.44 bits per heavy atom. The third-order valence-corrected chi connectivity index (χ3v) is 120. The summed E-state index contributed by atoms with van der Waals surface area (Å²) in [6, 6.07) is 0. The molecule has 0 aliphatic carbocycles. The Labute approximate surface area is 80.1 Å². The Balaban J connectivity index is 2.60. The normalized spacial score (nSPS) is 19.7. The molecular formula is H17ClSi8. The number of rotatable bonds is 6. The minimum absolute atomic E-state index is 0.145. The van der Waals surface area contributed by atoms with Crippen LogP contribution in [0.15, 0.2) is 0 Å². The van der Waals surface area contributed by atoms with Crippen LogP contribution >= 0.6 is 11.1 Å². The Morgan fingerprint density at radius 1 is 0.889 bits per heavy atom. The summed E-state index contributed by atoms with van der Waals surface area (Å²) in [5.41, 5.74) is 0. The lowest BCUT2D eigenvalue weighted by atomic mass is 26.2. The maximum Gasteiger partial charge on any atom is 0.106 e. The second kappa shape index (κ2) is 10.0. The first kappa shape index (κ1) is 11.0. The molecule has 0 aliphatic rings. The van der Waals surface area contributed by atoms with E-state index in [2.05, 4.69) is 0 Å². The third kappa shape index (κ3) is 10.0. The topological polar surface area (TPSA) is 0 Å². The minimum Gasteiger partial charge on any atom is -0.181 e. The van der Waals surface area contributed by atoms with Gasteiger partial charge in [0.2, 0.25) is 0 Å². The zero-order valence-electron chi connectivity index (χ0n) is 6.33. The summed E-state index contributed by atoms with van der Waals surface area (Å²) in [6.45, 7) is 0. The van der Waals surface area contributed by atoms with Crippen LogP contribution in [0.4, 0.5) is 0 Å². The van der Waals surface area contributed by atoms with Gasteiger partial charge in [-0.3, -0.25) is 0 Å². The van der Waals surface area contributed by atoms with E-state index in [1.165, 1.54) is 0 Å². The molecule has 0 aromatic carbocycles. The molecule has 0 unspecified atom stereocenters. The van der Waals surface area contributed by atoms with Crippen LogP contribution < -0.4 is 0 Å². The quantitative estimate of drug-likeness (QED) is 0.257. The van der Waals surface area contributed by atoms with E-state index in [9.17, 15) is 0 Å². The fraction of sp³-hybridized carbons (Fsp3) is 0. The van der Waals surface area contributed by atoms with E-state index >= 15 is 0 Å². The van der Waals surface area contributed by atoms with E-state index in [1.807, 2.05) is 0 Å². The van der Waals surface area contributed by atoms with Gasteiger partial charge in [-0.15, -0.1) is 0 Å². The minimum atomic E-state index is 0.145. The van der Waals surface area contributed by atoms with Crippen molar-refractivity contribution in [2.24, 2.45) is 0 Å². The van der Waals surface area contributed by atoms with Crippen molar-refractivity contribution in [3.05, 3.63) is 0 Å². The van der Waals surface area contributed by atoms with Crippen molar-refractivity contribution < 1.29 is 0 Å². The van der Waals surface area contributed by atoms with Gasteiger partial charge in [0.05, 0.1) is 0 Å². The van der Waals surface area contributed by atoms with E-state index in [0.29, 0.717) is 8.55 Å². The van der Waals surface area contributed by atoms with Crippen molar-refractivity contribution in [2.45, 2.75) is 0 Å². The monoisotopic (exact) mass is 276 g/mol. The van der Waals surface area contributed by atoms with Crippen LogP contribution in [-0.2, 0) is 0 Å². The summed E-state index contributed by atoms with van der Waals surface area (Å²) >= 11 is 5.81. The van der Waals surface area contributed by atoms with Gasteiger partial charge in [0.25, 0.3) is 0 Å². The summed E-state index contributed by atoms with van der Waals surface area (Å²) in [5.74, 6) is 0. The van der Waals surface area contributed by atoms with Gasteiger partial charge in [-0.05, 0) is 52.5 Å². The molecule has 0 nitrogen and oxygen atoms in total. The lowest BCUT2D eigenvalue weighted by Gasteiger charge is -1.90. The predicted octanol–water partition coefficient (Wildman–Crippen LogP) is -6.91. The van der Waals surface area contributed by atoms with Crippen LogP contribution in [0.2, 0.25) is 0 Å². The van der Waals surface area contributed by atoms with Crippen molar-refractivity contribution in [2.75, 3.05) is 0 Å². The molecule has 0 bridgehead atoms. The smallest absolute Gasteiger partial charge is 0.106 e. The van der Waals surface area contributed by atoms with Gasteiger partial charge in [0.15, 0.2) is 0 Å². The molecule has 0 saturated heterocycles. The molecular weight excluding hydrogens is 260 g/mol. The van der Waals surface area contributed by atoms with Crippen LogP contribution in [0.25, 0.3) is 0 Å².